The molecule has 3 heterocycles. The van der Waals surface area contributed by atoms with E-state index in [-0.39, 0.29) is 55.5 Å². The van der Waals surface area contributed by atoms with Gasteiger partial charge >= 0.3 is 0 Å². The maximum absolute atomic E-state index is 12.2. The fraction of sp³-hybridized carbons (Fsp3) is 0.200. The molecule has 2 unspecified atom stereocenters. The van der Waals surface area contributed by atoms with Gasteiger partial charge in [-0.15, -0.1) is 0 Å². The van der Waals surface area contributed by atoms with Gasteiger partial charge in [0.05, 0.1) is 22.1 Å². The SMILES string of the molecule is Cc1c(O)c2c3c4c(n(-c5ccc(C6=CCCC=C6)cc5)c3c1C)C(C)C(O)C(O)=C4[B]c1c(O)c(O)c(C)c3c4c(O)cc(O)c(O)c4n-2c13. The van der Waals surface area contributed by atoms with Crippen LogP contribution in [-0.2, 0) is 0 Å². The highest BCUT2D eigenvalue weighted by Crippen LogP contribution is 2.56. The summed E-state index contributed by atoms with van der Waals surface area (Å²) >= 11 is 0. The number of benzene rings is 4. The predicted octanol–water partition coefficient (Wildman–Crippen LogP) is 6.67. The number of aryl methyl sites for hydroxylation is 2. The van der Waals surface area contributed by atoms with Crippen molar-refractivity contribution in [3.05, 3.63) is 87.8 Å². The Labute approximate surface area is 292 Å². The minimum absolute atomic E-state index is 0.000754. The molecule has 1 radical (unpaired) electrons. The summed E-state index contributed by atoms with van der Waals surface area (Å²) in [5.41, 5.74) is 6.52. The van der Waals surface area contributed by atoms with Crippen LogP contribution in [0.1, 0.15) is 59.2 Å². The van der Waals surface area contributed by atoms with Crippen LogP contribution in [0.4, 0.5) is 0 Å². The van der Waals surface area contributed by atoms with E-state index in [1.165, 1.54) is 11.8 Å². The Morgan fingerprint density at radius 1 is 0.706 bits per heavy atom. The van der Waals surface area contributed by atoms with Crippen LogP contribution in [-0.4, -0.2) is 63.4 Å². The van der Waals surface area contributed by atoms with E-state index in [4.69, 9.17) is 0 Å². The highest BCUT2D eigenvalue weighted by molar-refractivity contribution is 6.77. The Hall–Kier alpha value is -5.94. The molecule has 2 atom stereocenters. The molecule has 51 heavy (non-hydrogen) atoms. The minimum atomic E-state index is -1.35. The number of rotatable bonds is 2. The molecule has 3 aliphatic rings. The Morgan fingerprint density at radius 2 is 1.43 bits per heavy atom. The van der Waals surface area contributed by atoms with Crippen molar-refractivity contribution in [1.29, 1.82) is 0 Å². The first-order valence-corrected chi connectivity index (χ1v) is 16.9. The van der Waals surface area contributed by atoms with Crippen molar-refractivity contribution in [3.8, 4) is 45.9 Å². The molecule has 0 bridgehead atoms. The smallest absolute Gasteiger partial charge is 0.205 e. The second-order valence-corrected chi connectivity index (χ2v) is 13.9. The maximum atomic E-state index is 12.2. The van der Waals surface area contributed by atoms with Gasteiger partial charge in [-0.05, 0) is 78.9 Å². The van der Waals surface area contributed by atoms with Gasteiger partial charge in [0.2, 0.25) is 7.28 Å². The monoisotopic (exact) mass is 681 g/mol. The van der Waals surface area contributed by atoms with Crippen LogP contribution in [0.5, 0.6) is 34.5 Å². The van der Waals surface area contributed by atoms with Crippen LogP contribution >= 0.6 is 0 Å². The Morgan fingerprint density at radius 3 is 2.12 bits per heavy atom. The molecule has 255 valence electrons. The highest BCUT2D eigenvalue weighted by Gasteiger charge is 2.42. The number of aromatic nitrogens is 2. The number of aliphatic hydroxyl groups excluding tert-OH is 2. The third kappa shape index (κ3) is 3.76. The average molecular weight is 682 g/mol. The molecule has 8 N–H and O–H groups in total. The first kappa shape index (κ1) is 31.1. The van der Waals surface area contributed by atoms with E-state index >= 15 is 0 Å². The van der Waals surface area contributed by atoms with Crippen molar-refractivity contribution in [1.82, 2.24) is 9.13 Å². The molecule has 2 aliphatic carbocycles. The van der Waals surface area contributed by atoms with Crippen LogP contribution in [0.25, 0.3) is 55.1 Å². The standard InChI is InChI=1S/C40H34BN2O8/c1-15-16(2)35(46)34-27-26-28(41-29-32-24(17(3)36(47)40(29)51)25-22(44)14-23(45)38(49)33(25)43(32)34)39(50)37(48)18(4)31(26)42(30(15)27)21-12-10-20(11-13-21)19-8-6-5-7-9-19/h6,8-14,18,37,44-51H,5,7H2,1-4H3. The highest BCUT2D eigenvalue weighted by atomic mass is 16.3. The lowest BCUT2D eigenvalue weighted by Crippen LogP contribution is -2.31. The molecular formula is C40H34BN2O8. The summed E-state index contributed by atoms with van der Waals surface area (Å²) in [6, 6.07) is 9.05. The van der Waals surface area contributed by atoms with Gasteiger partial charge in [0, 0.05) is 45.3 Å². The van der Waals surface area contributed by atoms with E-state index in [0.717, 1.165) is 41.3 Å². The van der Waals surface area contributed by atoms with Gasteiger partial charge in [-0.3, -0.25) is 0 Å². The Balaban J connectivity index is 1.54. The summed E-state index contributed by atoms with van der Waals surface area (Å²) in [7, 11) is 1.48. The second-order valence-electron chi connectivity index (χ2n) is 13.9. The number of aliphatic hydroxyl groups is 2. The number of phenols is 6. The van der Waals surface area contributed by atoms with Crippen LogP contribution in [0.2, 0.25) is 0 Å². The Bertz CT molecular complexity index is 2690. The summed E-state index contributed by atoms with van der Waals surface area (Å²) in [4.78, 5) is 0. The van der Waals surface area contributed by atoms with Gasteiger partial charge in [-0.25, -0.2) is 0 Å². The quantitative estimate of drug-likeness (QED) is 0.0569. The fourth-order valence-corrected chi connectivity index (χ4v) is 8.57. The maximum Gasteiger partial charge on any atom is 0.205 e. The topological polar surface area (TPSA) is 172 Å². The molecule has 10 nitrogen and oxygen atoms in total. The van der Waals surface area contributed by atoms with Crippen molar-refractivity contribution in [3.63, 3.8) is 0 Å². The van der Waals surface area contributed by atoms with E-state index in [2.05, 4.69) is 18.2 Å². The molecular weight excluding hydrogens is 647 g/mol. The molecule has 11 heteroatoms. The van der Waals surface area contributed by atoms with Crippen molar-refractivity contribution in [2.45, 2.75) is 52.6 Å². The number of allylic oxidation sites excluding steroid dienone is 4. The summed E-state index contributed by atoms with van der Waals surface area (Å²) in [6.07, 6.45) is 7.06. The molecule has 6 aromatic rings. The van der Waals surface area contributed by atoms with Crippen LogP contribution < -0.4 is 5.46 Å². The lowest BCUT2D eigenvalue weighted by molar-refractivity contribution is 0.129. The van der Waals surface area contributed by atoms with Crippen LogP contribution in [0.15, 0.2) is 54.3 Å². The van der Waals surface area contributed by atoms with Crippen molar-refractivity contribution in [2.75, 3.05) is 0 Å². The minimum Gasteiger partial charge on any atom is -0.510 e. The zero-order valence-corrected chi connectivity index (χ0v) is 28.2. The molecule has 0 fully saturated rings. The molecule has 1 aliphatic heterocycles. The second kappa shape index (κ2) is 10.3. The average Bonchev–Trinajstić information content (AvgIpc) is 3.66. The number of aromatic hydroxyl groups is 6. The van der Waals surface area contributed by atoms with E-state index in [0.29, 0.717) is 27.7 Å². The number of phenolic OH excluding ortho intramolecular Hbond substituents is 6. The molecule has 9 rings (SSSR count). The molecule has 0 saturated heterocycles. The number of fused-ring (bicyclic) bond motifs is 4. The fourth-order valence-electron chi connectivity index (χ4n) is 8.57. The molecule has 2 aromatic heterocycles. The van der Waals surface area contributed by atoms with Gasteiger partial charge in [0.1, 0.15) is 28.9 Å². The first-order valence-electron chi connectivity index (χ1n) is 16.9. The predicted molar refractivity (Wildman–Crippen MR) is 198 cm³/mol. The molecule has 0 spiro atoms. The normalized spacial score (nSPS) is 18.0. The van der Waals surface area contributed by atoms with Gasteiger partial charge in [-0.1, -0.05) is 37.3 Å². The van der Waals surface area contributed by atoms with Crippen molar-refractivity contribution < 1.29 is 40.9 Å². The van der Waals surface area contributed by atoms with Crippen LogP contribution in [0.3, 0.4) is 0 Å². The molecule has 0 amide bonds. The lowest BCUT2D eigenvalue weighted by Gasteiger charge is -2.31. The first-order chi connectivity index (χ1) is 24.3. The summed E-state index contributed by atoms with van der Waals surface area (Å²) in [5.74, 6) is -3.86. The third-order valence-corrected chi connectivity index (χ3v) is 11.3. The Kier molecular flexibility index (Phi) is 6.28. The summed E-state index contributed by atoms with van der Waals surface area (Å²) < 4.78 is 3.52. The zero-order chi connectivity index (χ0) is 35.9. The molecule has 4 aromatic carbocycles. The number of hydrogen-bond acceptors (Lipinski definition) is 8. The van der Waals surface area contributed by atoms with Crippen LogP contribution in [0, 0.1) is 20.8 Å². The van der Waals surface area contributed by atoms with Gasteiger partial charge < -0.3 is 50.0 Å². The van der Waals surface area contributed by atoms with Crippen molar-refractivity contribution >= 4 is 56.5 Å². The van der Waals surface area contributed by atoms with Gasteiger partial charge in [-0.2, -0.15) is 0 Å². The zero-order valence-electron chi connectivity index (χ0n) is 28.2. The van der Waals surface area contributed by atoms with E-state index in [1.54, 1.807) is 20.8 Å². The van der Waals surface area contributed by atoms with E-state index < -0.39 is 40.8 Å². The van der Waals surface area contributed by atoms with Gasteiger partial charge in [0.15, 0.2) is 23.0 Å². The molecule has 0 saturated carbocycles. The largest absolute Gasteiger partial charge is 0.510 e. The summed E-state index contributed by atoms with van der Waals surface area (Å²) in [5, 5.41) is 92.9. The third-order valence-electron chi connectivity index (χ3n) is 11.3. The van der Waals surface area contributed by atoms with E-state index in [1.807, 2.05) is 35.8 Å². The lowest BCUT2D eigenvalue weighted by atomic mass is 9.56. The van der Waals surface area contributed by atoms with Crippen molar-refractivity contribution in [2.24, 2.45) is 0 Å². The number of hydrogen-bond donors (Lipinski definition) is 8. The van der Waals surface area contributed by atoms with Gasteiger partial charge in [0.25, 0.3) is 0 Å². The summed E-state index contributed by atoms with van der Waals surface area (Å²) in [6.45, 7) is 6.99. The number of nitrogens with zero attached hydrogens (tertiary/aromatic N) is 2. The van der Waals surface area contributed by atoms with E-state index in [9.17, 15) is 40.9 Å².